The normalized spacial score (nSPS) is 12.5. The third-order valence-corrected chi connectivity index (χ3v) is 13.2. The number of carbonyl (C=O) groups excluding carboxylic acids is 1. The molecule has 271 valence electrons. The number of pyridine rings is 1. The SMILES string of the molecule is CCC(C)(CC)C(=O)/C=C(\O)C(C)(CC)CC.Cc1csc2c(-c3cc4c(-c5[c-]c6ccccc6c(C(C)(C)C)c5)nccc4s3)cccc12.[Ir]. The number of aliphatic hydroxyl groups is 1. The first-order chi connectivity index (χ1) is 23.7. The van der Waals surface area contributed by atoms with Crippen molar-refractivity contribution in [3.8, 4) is 21.7 Å². The number of aryl methyl sites for hydroxylation is 1. The predicted molar refractivity (Wildman–Crippen MR) is 219 cm³/mol. The Bertz CT molecular complexity index is 2170. The number of fused-ring (bicyclic) bond motifs is 3. The van der Waals surface area contributed by atoms with Crippen LogP contribution in [-0.2, 0) is 30.3 Å². The van der Waals surface area contributed by atoms with Crippen LogP contribution in [0.3, 0.4) is 0 Å². The minimum atomic E-state index is -0.337. The van der Waals surface area contributed by atoms with E-state index in [4.69, 9.17) is 4.98 Å². The van der Waals surface area contributed by atoms with E-state index in [0.29, 0.717) is 0 Å². The van der Waals surface area contributed by atoms with Crippen molar-refractivity contribution in [2.24, 2.45) is 10.8 Å². The average molecular weight is 895 g/mol. The summed E-state index contributed by atoms with van der Waals surface area (Å²) in [5, 5.41) is 17.4. The van der Waals surface area contributed by atoms with Gasteiger partial charge in [-0.3, -0.25) is 9.78 Å². The zero-order chi connectivity index (χ0) is 36.4. The number of aromatic nitrogens is 1. The fourth-order valence-corrected chi connectivity index (χ4v) is 8.59. The van der Waals surface area contributed by atoms with E-state index in [1.54, 1.807) is 0 Å². The maximum atomic E-state index is 12.2. The van der Waals surface area contributed by atoms with Gasteiger partial charge in [-0.25, -0.2) is 0 Å². The van der Waals surface area contributed by atoms with Gasteiger partial charge in [-0.05, 0) is 71.9 Å². The van der Waals surface area contributed by atoms with Crippen molar-refractivity contribution >= 4 is 59.4 Å². The summed E-state index contributed by atoms with van der Waals surface area (Å²) in [7, 11) is 0. The van der Waals surface area contributed by atoms with Crippen LogP contribution < -0.4 is 0 Å². The first-order valence-corrected chi connectivity index (χ1v) is 19.7. The minimum Gasteiger partial charge on any atom is -0.512 e. The minimum absolute atomic E-state index is 0. The monoisotopic (exact) mass is 895 g/mol. The van der Waals surface area contributed by atoms with Crippen molar-refractivity contribution in [1.29, 1.82) is 0 Å². The molecule has 1 radical (unpaired) electrons. The van der Waals surface area contributed by atoms with E-state index < -0.39 is 0 Å². The molecule has 6 heteroatoms. The number of nitrogens with zero attached hydrogens (tertiary/aromatic N) is 1. The third-order valence-electron chi connectivity index (χ3n) is 10.9. The molecule has 0 saturated carbocycles. The van der Waals surface area contributed by atoms with Crippen molar-refractivity contribution in [3.05, 3.63) is 101 Å². The molecule has 3 aromatic carbocycles. The molecule has 0 unspecified atom stereocenters. The Morgan fingerprint density at radius 1 is 0.843 bits per heavy atom. The number of carbonyl (C=O) groups is 1. The summed E-state index contributed by atoms with van der Waals surface area (Å²) in [6.45, 7) is 21.1. The van der Waals surface area contributed by atoms with E-state index in [9.17, 15) is 9.90 Å². The van der Waals surface area contributed by atoms with Crippen LogP contribution in [0.1, 0.15) is 99.1 Å². The molecule has 6 aromatic rings. The Morgan fingerprint density at radius 2 is 1.49 bits per heavy atom. The van der Waals surface area contributed by atoms with Crippen molar-refractivity contribution in [2.75, 3.05) is 0 Å². The van der Waals surface area contributed by atoms with Gasteiger partial charge in [-0.2, -0.15) is 0 Å². The van der Waals surface area contributed by atoms with E-state index in [1.807, 2.05) is 70.4 Å². The Hall–Kier alpha value is -3.15. The summed E-state index contributed by atoms with van der Waals surface area (Å²) >= 11 is 3.69. The number of thiophene rings is 2. The molecule has 0 atom stereocenters. The van der Waals surface area contributed by atoms with Crippen molar-refractivity contribution in [1.82, 2.24) is 4.98 Å². The van der Waals surface area contributed by atoms with Gasteiger partial charge in [0, 0.05) is 68.7 Å². The number of allylic oxidation sites excluding steroid dienone is 2. The van der Waals surface area contributed by atoms with Crippen molar-refractivity contribution in [2.45, 2.75) is 100 Å². The van der Waals surface area contributed by atoms with Gasteiger partial charge >= 0.3 is 0 Å². The van der Waals surface area contributed by atoms with E-state index in [-0.39, 0.29) is 47.9 Å². The molecular formula is C45H52IrNO2S2-. The van der Waals surface area contributed by atoms with Crippen LogP contribution >= 0.6 is 22.7 Å². The summed E-state index contributed by atoms with van der Waals surface area (Å²) in [6, 6.07) is 25.6. The second kappa shape index (κ2) is 16.3. The molecule has 0 bridgehead atoms. The molecule has 0 amide bonds. The molecule has 3 aromatic heterocycles. The molecule has 1 N–H and O–H groups in total. The Morgan fingerprint density at radius 3 is 2.14 bits per heavy atom. The number of aliphatic hydroxyl groups excluding tert-OH is 1. The molecular weight excluding hydrogens is 843 g/mol. The summed E-state index contributed by atoms with van der Waals surface area (Å²) < 4.78 is 2.63. The Labute approximate surface area is 326 Å². The first-order valence-electron chi connectivity index (χ1n) is 18.0. The van der Waals surface area contributed by atoms with E-state index in [0.717, 1.165) is 42.3 Å². The van der Waals surface area contributed by atoms with Crippen LogP contribution in [0.25, 0.3) is 52.6 Å². The zero-order valence-corrected chi connectivity index (χ0v) is 35.8. The van der Waals surface area contributed by atoms with Gasteiger partial charge in [0.1, 0.15) is 5.76 Å². The largest absolute Gasteiger partial charge is 0.512 e. The maximum Gasteiger partial charge on any atom is 0.164 e. The molecule has 6 rings (SSSR count). The molecule has 0 aliphatic rings. The standard InChI is InChI=1S/C30H24NS2.C15H28O2.Ir/c1-18-17-32-29-21(18)10-7-11-23(29)27-16-24-26(33-27)12-13-31-28(24)20-14-19-8-5-6-9-22(19)25(15-20)30(2,3)4;1-7-14(5,8-2)12(16)11-13(17)15(6,9-3)10-4;/h5-13,15-17H,1-4H3;11,16H,7-10H2,1-6H3;/q-1;;/b;12-11-;. The average Bonchev–Trinajstić information content (AvgIpc) is 3.73. The van der Waals surface area contributed by atoms with E-state index in [2.05, 4.69) is 99.8 Å². The second-order valence-electron chi connectivity index (χ2n) is 15.1. The van der Waals surface area contributed by atoms with Gasteiger partial charge < -0.3 is 5.11 Å². The summed E-state index contributed by atoms with van der Waals surface area (Å²) in [5.74, 6) is 0.286. The van der Waals surface area contributed by atoms with Crippen LogP contribution in [-0.4, -0.2) is 15.9 Å². The third kappa shape index (κ3) is 8.25. The van der Waals surface area contributed by atoms with Gasteiger partial charge in [0.15, 0.2) is 5.78 Å². The van der Waals surface area contributed by atoms with Crippen LogP contribution in [0.2, 0.25) is 0 Å². The Balaban J connectivity index is 0.000000279. The fourth-order valence-electron chi connectivity index (χ4n) is 6.35. The Kier molecular flexibility index (Phi) is 12.9. The maximum absolute atomic E-state index is 12.2. The smallest absolute Gasteiger partial charge is 0.164 e. The van der Waals surface area contributed by atoms with Crippen LogP contribution in [0, 0.1) is 23.8 Å². The fraction of sp³-hybridized carbons (Fsp3) is 0.378. The van der Waals surface area contributed by atoms with Crippen molar-refractivity contribution in [3.63, 3.8) is 0 Å². The number of benzene rings is 3. The van der Waals surface area contributed by atoms with Gasteiger partial charge in [-0.15, -0.1) is 51.8 Å². The molecule has 0 saturated heterocycles. The summed E-state index contributed by atoms with van der Waals surface area (Å²) in [4.78, 5) is 18.3. The topological polar surface area (TPSA) is 50.2 Å². The first kappa shape index (κ1) is 40.6. The number of hydrogen-bond acceptors (Lipinski definition) is 5. The van der Waals surface area contributed by atoms with E-state index in [1.165, 1.54) is 53.2 Å². The molecule has 3 heterocycles. The van der Waals surface area contributed by atoms with Gasteiger partial charge in [0.25, 0.3) is 0 Å². The molecule has 51 heavy (non-hydrogen) atoms. The summed E-state index contributed by atoms with van der Waals surface area (Å²) in [6.07, 6.45) is 6.69. The van der Waals surface area contributed by atoms with E-state index >= 15 is 0 Å². The number of rotatable bonds is 9. The van der Waals surface area contributed by atoms with Gasteiger partial charge in [-0.1, -0.05) is 110 Å². The molecule has 0 spiro atoms. The zero-order valence-electron chi connectivity index (χ0n) is 31.8. The molecule has 0 aliphatic heterocycles. The van der Waals surface area contributed by atoms with Gasteiger partial charge in [0.2, 0.25) is 0 Å². The predicted octanol–water partition coefficient (Wildman–Crippen LogP) is 14.1. The summed E-state index contributed by atoms with van der Waals surface area (Å²) in [5.41, 5.74) is 5.51. The van der Waals surface area contributed by atoms with Crippen molar-refractivity contribution < 1.29 is 30.0 Å². The molecule has 0 aliphatic carbocycles. The molecule has 0 fully saturated rings. The van der Waals surface area contributed by atoms with Gasteiger partial charge in [0.05, 0.1) is 0 Å². The quantitative estimate of drug-likeness (QED) is 0.0894. The number of ketones is 1. The molecule has 3 nitrogen and oxygen atoms in total. The van der Waals surface area contributed by atoms with Crippen LogP contribution in [0.15, 0.2) is 84.1 Å². The second-order valence-corrected chi connectivity index (χ2v) is 17.1. The number of hydrogen-bond donors (Lipinski definition) is 1. The van der Waals surface area contributed by atoms with Crippen LogP contribution in [0.5, 0.6) is 0 Å². The van der Waals surface area contributed by atoms with Crippen LogP contribution in [0.4, 0.5) is 0 Å².